The highest BCUT2D eigenvalue weighted by atomic mass is 32.1. The Kier molecular flexibility index (Phi) is 2.85. The first-order valence-corrected chi connectivity index (χ1v) is 7.73. The fraction of sp³-hybridized carbons (Fsp3) is 0.176. The molecule has 100 valence electrons. The minimum absolute atomic E-state index is 0.482. The van der Waals surface area contributed by atoms with Crippen molar-refractivity contribution in [3.8, 4) is 10.6 Å². The molecule has 3 heteroatoms. The molecule has 0 unspecified atom stereocenters. The molecule has 20 heavy (non-hydrogen) atoms. The van der Waals surface area contributed by atoms with E-state index in [2.05, 4.69) is 41.0 Å². The van der Waals surface area contributed by atoms with Crippen molar-refractivity contribution in [2.24, 2.45) is 0 Å². The number of hydrogen-bond acceptors (Lipinski definition) is 3. The first kappa shape index (κ1) is 11.8. The van der Waals surface area contributed by atoms with E-state index in [0.717, 1.165) is 18.6 Å². The van der Waals surface area contributed by atoms with Gasteiger partial charge in [0.1, 0.15) is 5.76 Å². The first-order chi connectivity index (χ1) is 9.90. The van der Waals surface area contributed by atoms with Gasteiger partial charge in [-0.1, -0.05) is 24.3 Å². The van der Waals surface area contributed by atoms with Crippen LogP contribution in [0.3, 0.4) is 0 Å². The number of rotatable bonds is 3. The van der Waals surface area contributed by atoms with E-state index in [0.29, 0.717) is 6.04 Å². The van der Waals surface area contributed by atoms with Crippen LogP contribution >= 0.6 is 11.3 Å². The van der Waals surface area contributed by atoms with E-state index in [1.54, 1.807) is 17.6 Å². The second-order valence-electron chi connectivity index (χ2n) is 5.16. The van der Waals surface area contributed by atoms with Gasteiger partial charge in [0, 0.05) is 6.04 Å². The summed E-state index contributed by atoms with van der Waals surface area (Å²) in [4.78, 5) is 1.19. The standard InChI is InChI=1S/C17H15NOS/c1-2-5-13-11-14(10-12(13)4-1)18-15-7-9-20-17(15)16-6-3-8-19-16/h1-9,14,18H,10-11H2. The molecule has 0 atom stereocenters. The Morgan fingerprint density at radius 3 is 2.50 bits per heavy atom. The summed E-state index contributed by atoms with van der Waals surface area (Å²) in [6, 6.07) is 15.3. The maximum Gasteiger partial charge on any atom is 0.145 e. The Morgan fingerprint density at radius 1 is 1.00 bits per heavy atom. The highest BCUT2D eigenvalue weighted by molar-refractivity contribution is 7.14. The van der Waals surface area contributed by atoms with Crippen LogP contribution in [-0.2, 0) is 12.8 Å². The summed E-state index contributed by atoms with van der Waals surface area (Å²) in [6.07, 6.45) is 3.93. The van der Waals surface area contributed by atoms with Gasteiger partial charge in [-0.3, -0.25) is 0 Å². The molecule has 1 N–H and O–H groups in total. The molecule has 2 nitrogen and oxygen atoms in total. The molecule has 0 fully saturated rings. The van der Waals surface area contributed by atoms with Crippen LogP contribution in [0.4, 0.5) is 5.69 Å². The lowest BCUT2D eigenvalue weighted by Crippen LogP contribution is -2.19. The topological polar surface area (TPSA) is 25.2 Å². The van der Waals surface area contributed by atoms with Crippen LogP contribution in [0.1, 0.15) is 11.1 Å². The molecule has 4 rings (SSSR count). The van der Waals surface area contributed by atoms with Crippen LogP contribution in [0.5, 0.6) is 0 Å². The van der Waals surface area contributed by atoms with Crippen molar-refractivity contribution in [3.05, 3.63) is 65.2 Å². The molecule has 0 radical (unpaired) electrons. The van der Waals surface area contributed by atoms with Crippen molar-refractivity contribution >= 4 is 17.0 Å². The van der Waals surface area contributed by atoms with Crippen LogP contribution in [0.25, 0.3) is 10.6 Å². The zero-order valence-corrected chi connectivity index (χ0v) is 11.8. The van der Waals surface area contributed by atoms with Gasteiger partial charge in [-0.25, -0.2) is 0 Å². The second kappa shape index (κ2) is 4.84. The van der Waals surface area contributed by atoms with Gasteiger partial charge in [0.2, 0.25) is 0 Å². The average Bonchev–Trinajstić information content (AvgIpc) is 3.18. The summed E-state index contributed by atoms with van der Waals surface area (Å²) in [6.45, 7) is 0. The van der Waals surface area contributed by atoms with Crippen LogP contribution in [-0.4, -0.2) is 6.04 Å². The van der Waals surface area contributed by atoms with Crippen LogP contribution in [0.2, 0.25) is 0 Å². The molecule has 2 aromatic heterocycles. The fourth-order valence-electron chi connectivity index (χ4n) is 2.90. The van der Waals surface area contributed by atoms with Crippen molar-refractivity contribution in [2.75, 3.05) is 5.32 Å². The van der Waals surface area contributed by atoms with Gasteiger partial charge >= 0.3 is 0 Å². The SMILES string of the molecule is c1coc(-c2sccc2NC2Cc3ccccc3C2)c1. The van der Waals surface area contributed by atoms with Crippen molar-refractivity contribution in [2.45, 2.75) is 18.9 Å². The maximum absolute atomic E-state index is 5.52. The highest BCUT2D eigenvalue weighted by Crippen LogP contribution is 2.35. The van der Waals surface area contributed by atoms with Gasteiger partial charge in [0.25, 0.3) is 0 Å². The molecule has 0 amide bonds. The summed E-state index contributed by atoms with van der Waals surface area (Å²) in [7, 11) is 0. The van der Waals surface area contributed by atoms with Gasteiger partial charge in [-0.15, -0.1) is 11.3 Å². The molecule has 0 aliphatic heterocycles. The number of thiophene rings is 1. The Labute approximate surface area is 122 Å². The summed E-state index contributed by atoms with van der Waals surface area (Å²) in [5, 5.41) is 5.79. The molecule has 0 bridgehead atoms. The lowest BCUT2D eigenvalue weighted by atomic mass is 10.1. The quantitative estimate of drug-likeness (QED) is 0.759. The molecular formula is C17H15NOS. The normalized spacial score (nSPS) is 14.4. The summed E-state index contributed by atoms with van der Waals surface area (Å²) in [5.41, 5.74) is 4.13. The molecule has 0 spiro atoms. The van der Waals surface area contributed by atoms with E-state index < -0.39 is 0 Å². The Bertz CT molecular complexity index is 689. The van der Waals surface area contributed by atoms with Gasteiger partial charge in [-0.05, 0) is 47.5 Å². The van der Waals surface area contributed by atoms with E-state index >= 15 is 0 Å². The van der Waals surface area contributed by atoms with E-state index in [1.165, 1.54) is 21.7 Å². The minimum atomic E-state index is 0.482. The van der Waals surface area contributed by atoms with Gasteiger partial charge in [0.05, 0.1) is 16.8 Å². The fourth-order valence-corrected chi connectivity index (χ4v) is 3.73. The third kappa shape index (κ3) is 2.04. The summed E-state index contributed by atoms with van der Waals surface area (Å²) >= 11 is 1.72. The maximum atomic E-state index is 5.52. The van der Waals surface area contributed by atoms with Crippen molar-refractivity contribution < 1.29 is 4.42 Å². The predicted molar refractivity (Wildman–Crippen MR) is 83.3 cm³/mol. The van der Waals surface area contributed by atoms with Crippen molar-refractivity contribution in [1.82, 2.24) is 0 Å². The number of benzene rings is 1. The molecule has 2 heterocycles. The lowest BCUT2D eigenvalue weighted by molar-refractivity contribution is 0.584. The van der Waals surface area contributed by atoms with E-state index in [4.69, 9.17) is 4.42 Å². The predicted octanol–water partition coefficient (Wildman–Crippen LogP) is 4.59. The minimum Gasteiger partial charge on any atom is -0.463 e. The van der Waals surface area contributed by atoms with Gasteiger partial charge < -0.3 is 9.73 Å². The van der Waals surface area contributed by atoms with E-state index in [-0.39, 0.29) is 0 Å². The molecule has 0 saturated heterocycles. The third-order valence-electron chi connectivity index (χ3n) is 3.82. The van der Waals surface area contributed by atoms with E-state index in [9.17, 15) is 0 Å². The largest absolute Gasteiger partial charge is 0.463 e. The molecule has 1 aliphatic carbocycles. The average molecular weight is 281 g/mol. The van der Waals surface area contributed by atoms with Gasteiger partial charge in [-0.2, -0.15) is 0 Å². The van der Waals surface area contributed by atoms with Gasteiger partial charge in [0.15, 0.2) is 0 Å². The van der Waals surface area contributed by atoms with E-state index in [1.807, 2.05) is 12.1 Å². The Balaban J connectivity index is 1.56. The molecule has 1 aliphatic rings. The molecular weight excluding hydrogens is 266 g/mol. The second-order valence-corrected chi connectivity index (χ2v) is 6.08. The van der Waals surface area contributed by atoms with Crippen LogP contribution in [0.15, 0.2) is 58.5 Å². The number of anilines is 1. The summed E-state index contributed by atoms with van der Waals surface area (Å²) in [5.74, 6) is 0.943. The molecule has 1 aromatic carbocycles. The van der Waals surface area contributed by atoms with Crippen molar-refractivity contribution in [1.29, 1.82) is 0 Å². The molecule has 3 aromatic rings. The zero-order chi connectivity index (χ0) is 13.4. The first-order valence-electron chi connectivity index (χ1n) is 6.85. The number of fused-ring (bicyclic) bond motifs is 1. The molecule has 0 saturated carbocycles. The third-order valence-corrected chi connectivity index (χ3v) is 4.75. The zero-order valence-electron chi connectivity index (χ0n) is 11.0. The van der Waals surface area contributed by atoms with Crippen LogP contribution in [0, 0.1) is 0 Å². The smallest absolute Gasteiger partial charge is 0.145 e. The number of hydrogen-bond donors (Lipinski definition) is 1. The number of nitrogens with one attached hydrogen (secondary N) is 1. The summed E-state index contributed by atoms with van der Waals surface area (Å²) < 4.78 is 5.52. The van der Waals surface area contributed by atoms with Crippen molar-refractivity contribution in [3.63, 3.8) is 0 Å². The Hall–Kier alpha value is -2.00. The van der Waals surface area contributed by atoms with Crippen LogP contribution < -0.4 is 5.32 Å². The lowest BCUT2D eigenvalue weighted by Gasteiger charge is -2.13. The number of furan rings is 1. The Morgan fingerprint density at radius 2 is 1.80 bits per heavy atom. The highest BCUT2D eigenvalue weighted by Gasteiger charge is 2.22. The monoisotopic (exact) mass is 281 g/mol.